The molecular weight excluding hydrogens is 252 g/mol. The van der Waals surface area contributed by atoms with Crippen molar-refractivity contribution >= 4 is 5.78 Å². The molecule has 0 aliphatic rings. The van der Waals surface area contributed by atoms with Crippen molar-refractivity contribution in [2.45, 2.75) is 26.1 Å². The van der Waals surface area contributed by atoms with E-state index in [9.17, 15) is 22.4 Å². The van der Waals surface area contributed by atoms with Gasteiger partial charge in [-0.15, -0.1) is 0 Å². The highest BCUT2D eigenvalue weighted by molar-refractivity contribution is 5.82. The molecule has 0 fully saturated rings. The monoisotopic (exact) mass is 264 g/mol. The first-order valence-corrected chi connectivity index (χ1v) is 5.26. The summed E-state index contributed by atoms with van der Waals surface area (Å²) >= 11 is 0. The third kappa shape index (κ3) is 3.29. The number of alkyl halides is 3. The van der Waals surface area contributed by atoms with Gasteiger partial charge in [-0.2, -0.15) is 13.2 Å². The minimum atomic E-state index is -4.80. The summed E-state index contributed by atoms with van der Waals surface area (Å²) in [5.41, 5.74) is -1.40. The fourth-order valence-corrected chi connectivity index (χ4v) is 1.54. The van der Waals surface area contributed by atoms with E-state index in [1.807, 2.05) is 0 Å². The van der Waals surface area contributed by atoms with Crippen LogP contribution in [0.5, 0.6) is 0 Å². The van der Waals surface area contributed by atoms with Gasteiger partial charge in [0.2, 0.25) is 0 Å². The number of hydrogen-bond donors (Lipinski definition) is 0. The zero-order valence-electron chi connectivity index (χ0n) is 9.84. The molecule has 18 heavy (non-hydrogen) atoms. The van der Waals surface area contributed by atoms with E-state index in [4.69, 9.17) is 4.74 Å². The van der Waals surface area contributed by atoms with Gasteiger partial charge in [-0.25, -0.2) is 4.39 Å². The first kappa shape index (κ1) is 14.6. The number of ether oxygens (including phenoxy) is 1. The Morgan fingerprint density at radius 2 is 2.00 bits per heavy atom. The SMILES string of the molecule is CCOC(C(C)=O)c1ccc(F)c(C(F)(F)F)c1. The van der Waals surface area contributed by atoms with Crippen LogP contribution in [0.1, 0.15) is 31.1 Å². The molecule has 1 unspecified atom stereocenters. The average Bonchev–Trinajstić information content (AvgIpc) is 2.25. The lowest BCUT2D eigenvalue weighted by atomic mass is 10.0. The molecule has 0 aliphatic carbocycles. The Bertz CT molecular complexity index is 440. The molecule has 0 radical (unpaired) electrons. The Morgan fingerprint density at radius 3 is 2.44 bits per heavy atom. The molecule has 1 aromatic carbocycles. The molecule has 0 heterocycles. The number of rotatable bonds is 4. The first-order valence-electron chi connectivity index (χ1n) is 5.26. The summed E-state index contributed by atoms with van der Waals surface area (Å²) in [5, 5.41) is 0. The van der Waals surface area contributed by atoms with Crippen LogP contribution >= 0.6 is 0 Å². The van der Waals surface area contributed by atoms with Crippen LogP contribution < -0.4 is 0 Å². The summed E-state index contributed by atoms with van der Waals surface area (Å²) in [5.74, 6) is -1.80. The second kappa shape index (κ2) is 5.48. The highest BCUT2D eigenvalue weighted by Gasteiger charge is 2.35. The van der Waals surface area contributed by atoms with Gasteiger partial charge in [0.05, 0.1) is 5.56 Å². The maximum atomic E-state index is 13.1. The quantitative estimate of drug-likeness (QED) is 0.778. The van der Waals surface area contributed by atoms with Crippen LogP contribution in [0.3, 0.4) is 0 Å². The van der Waals surface area contributed by atoms with Gasteiger partial charge in [-0.3, -0.25) is 4.79 Å². The molecule has 0 spiro atoms. The number of carbonyl (C=O) groups is 1. The highest BCUT2D eigenvalue weighted by Crippen LogP contribution is 2.33. The maximum absolute atomic E-state index is 13.1. The van der Waals surface area contributed by atoms with E-state index < -0.39 is 29.4 Å². The average molecular weight is 264 g/mol. The number of halogens is 4. The zero-order valence-corrected chi connectivity index (χ0v) is 9.84. The van der Waals surface area contributed by atoms with Gasteiger partial charge in [0.1, 0.15) is 11.9 Å². The van der Waals surface area contributed by atoms with Gasteiger partial charge in [0.25, 0.3) is 0 Å². The van der Waals surface area contributed by atoms with Crippen LogP contribution in [0.2, 0.25) is 0 Å². The van der Waals surface area contributed by atoms with Crippen molar-refractivity contribution in [3.8, 4) is 0 Å². The third-order valence-electron chi connectivity index (χ3n) is 2.30. The topological polar surface area (TPSA) is 26.3 Å². The van der Waals surface area contributed by atoms with Crippen LogP contribution in [-0.2, 0) is 15.7 Å². The standard InChI is InChI=1S/C12H12F4O2/c1-3-18-11(7(2)17)8-4-5-10(13)9(6-8)12(14,15)16/h4-6,11H,3H2,1-2H3. The maximum Gasteiger partial charge on any atom is 0.419 e. The molecule has 1 rings (SSSR count). The molecule has 0 aromatic heterocycles. The van der Waals surface area contributed by atoms with Crippen molar-refractivity contribution < 1.29 is 27.1 Å². The van der Waals surface area contributed by atoms with Crippen molar-refractivity contribution in [1.29, 1.82) is 0 Å². The number of benzene rings is 1. The van der Waals surface area contributed by atoms with Crippen LogP contribution in [0.25, 0.3) is 0 Å². The number of Topliss-reactive ketones (excluding diaryl/α,β-unsaturated/α-hetero) is 1. The highest BCUT2D eigenvalue weighted by atomic mass is 19.4. The zero-order chi connectivity index (χ0) is 13.9. The molecule has 0 bridgehead atoms. The van der Waals surface area contributed by atoms with Crippen LogP contribution in [0.15, 0.2) is 18.2 Å². The molecular formula is C12H12F4O2. The van der Waals surface area contributed by atoms with Gasteiger partial charge in [0, 0.05) is 6.61 Å². The summed E-state index contributed by atoms with van der Waals surface area (Å²) in [6.07, 6.45) is -5.90. The van der Waals surface area contributed by atoms with Gasteiger partial charge < -0.3 is 4.74 Å². The Kier molecular flexibility index (Phi) is 4.45. The van der Waals surface area contributed by atoms with Crippen molar-refractivity contribution in [2.24, 2.45) is 0 Å². The summed E-state index contributed by atoms with van der Waals surface area (Å²) < 4.78 is 55.7. The molecule has 1 aromatic rings. The van der Waals surface area contributed by atoms with Crippen molar-refractivity contribution in [2.75, 3.05) is 6.61 Å². The van der Waals surface area contributed by atoms with Crippen molar-refractivity contribution in [1.82, 2.24) is 0 Å². The molecule has 6 heteroatoms. The third-order valence-corrected chi connectivity index (χ3v) is 2.30. The van der Waals surface area contributed by atoms with E-state index in [2.05, 4.69) is 0 Å². The number of carbonyl (C=O) groups excluding carboxylic acids is 1. The number of hydrogen-bond acceptors (Lipinski definition) is 2. The molecule has 0 saturated carbocycles. The summed E-state index contributed by atoms with van der Waals surface area (Å²) in [4.78, 5) is 11.3. The number of ketones is 1. The van der Waals surface area contributed by atoms with E-state index in [0.29, 0.717) is 12.1 Å². The van der Waals surface area contributed by atoms with E-state index in [1.54, 1.807) is 6.92 Å². The fraction of sp³-hybridized carbons (Fsp3) is 0.417. The Morgan fingerprint density at radius 1 is 1.39 bits per heavy atom. The molecule has 0 saturated heterocycles. The molecule has 100 valence electrons. The molecule has 0 amide bonds. The molecule has 1 atom stereocenters. The van der Waals surface area contributed by atoms with E-state index in [0.717, 1.165) is 6.07 Å². The Balaban J connectivity index is 3.22. The second-order valence-electron chi connectivity index (χ2n) is 3.68. The lowest BCUT2D eigenvalue weighted by Gasteiger charge is -2.16. The predicted octanol–water partition coefficient (Wildman–Crippen LogP) is 3.51. The van der Waals surface area contributed by atoms with Gasteiger partial charge >= 0.3 is 6.18 Å². The molecule has 0 aliphatic heterocycles. The lowest BCUT2D eigenvalue weighted by molar-refractivity contribution is -0.140. The van der Waals surface area contributed by atoms with Gasteiger partial charge in [0.15, 0.2) is 5.78 Å². The van der Waals surface area contributed by atoms with Crippen LogP contribution in [0.4, 0.5) is 17.6 Å². The molecule has 0 N–H and O–H groups in total. The van der Waals surface area contributed by atoms with Crippen LogP contribution in [0, 0.1) is 5.82 Å². The fourth-order valence-electron chi connectivity index (χ4n) is 1.54. The lowest BCUT2D eigenvalue weighted by Crippen LogP contribution is -2.15. The van der Waals surface area contributed by atoms with E-state index >= 15 is 0 Å². The summed E-state index contributed by atoms with van der Waals surface area (Å²) in [6.45, 7) is 2.99. The van der Waals surface area contributed by atoms with Gasteiger partial charge in [-0.05, 0) is 31.5 Å². The normalized spacial score (nSPS) is 13.4. The van der Waals surface area contributed by atoms with Crippen LogP contribution in [-0.4, -0.2) is 12.4 Å². The largest absolute Gasteiger partial charge is 0.419 e. The minimum Gasteiger partial charge on any atom is -0.366 e. The summed E-state index contributed by atoms with van der Waals surface area (Å²) in [7, 11) is 0. The first-order chi connectivity index (χ1) is 8.27. The smallest absolute Gasteiger partial charge is 0.366 e. The second-order valence-corrected chi connectivity index (χ2v) is 3.68. The van der Waals surface area contributed by atoms with Gasteiger partial charge in [-0.1, -0.05) is 6.07 Å². The Labute approximate surface area is 102 Å². The van der Waals surface area contributed by atoms with Crippen molar-refractivity contribution in [3.05, 3.63) is 35.1 Å². The summed E-state index contributed by atoms with van der Waals surface area (Å²) in [6, 6.07) is 2.41. The molecule has 2 nitrogen and oxygen atoms in total. The predicted molar refractivity (Wildman–Crippen MR) is 56.5 cm³/mol. The van der Waals surface area contributed by atoms with E-state index in [1.165, 1.54) is 6.92 Å². The Hall–Kier alpha value is -1.43. The van der Waals surface area contributed by atoms with E-state index in [-0.39, 0.29) is 12.2 Å². The van der Waals surface area contributed by atoms with Crippen molar-refractivity contribution in [3.63, 3.8) is 0 Å². The minimum absolute atomic E-state index is 0.00178.